The van der Waals surface area contributed by atoms with Crippen molar-refractivity contribution in [2.24, 2.45) is 0 Å². The van der Waals surface area contributed by atoms with Crippen molar-refractivity contribution in [1.82, 2.24) is 0 Å². The van der Waals surface area contributed by atoms with E-state index < -0.39 is 0 Å². The third kappa shape index (κ3) is 3.65. The molecule has 0 radical (unpaired) electrons. The molecule has 1 aliphatic heterocycles. The van der Waals surface area contributed by atoms with Crippen molar-refractivity contribution in [3.8, 4) is 11.5 Å². The molecular weight excluding hydrogens is 290 g/mol. The molecule has 2 aromatic carbocycles. The average Bonchev–Trinajstić information content (AvgIpc) is 2.81. The van der Waals surface area contributed by atoms with Crippen LogP contribution in [-0.2, 0) is 11.2 Å². The van der Waals surface area contributed by atoms with Crippen LogP contribution in [0, 0.1) is 0 Å². The molecule has 0 saturated heterocycles. The van der Waals surface area contributed by atoms with Gasteiger partial charge in [-0.3, -0.25) is 4.79 Å². The highest BCUT2D eigenvalue weighted by Gasteiger charge is 2.16. The SMILES string of the molecule is CCN(C(=O)Cc1ccc2c(c1)OCCCO2)c1ccccc1. The highest BCUT2D eigenvalue weighted by atomic mass is 16.5. The van der Waals surface area contributed by atoms with E-state index in [0.29, 0.717) is 26.2 Å². The molecule has 0 fully saturated rings. The van der Waals surface area contributed by atoms with Gasteiger partial charge in [0.25, 0.3) is 0 Å². The molecule has 0 N–H and O–H groups in total. The highest BCUT2D eigenvalue weighted by Crippen LogP contribution is 2.30. The predicted molar refractivity (Wildman–Crippen MR) is 90.2 cm³/mol. The van der Waals surface area contributed by atoms with Gasteiger partial charge in [-0.2, -0.15) is 0 Å². The lowest BCUT2D eigenvalue weighted by Gasteiger charge is -2.21. The Bertz CT molecular complexity index is 670. The summed E-state index contributed by atoms with van der Waals surface area (Å²) in [6.07, 6.45) is 1.22. The summed E-state index contributed by atoms with van der Waals surface area (Å²) in [6, 6.07) is 15.5. The number of carbonyl (C=O) groups excluding carboxylic acids is 1. The second-order valence-electron chi connectivity index (χ2n) is 5.48. The standard InChI is InChI=1S/C19H21NO3/c1-2-20(16-7-4-3-5-8-16)19(21)14-15-9-10-17-18(13-15)23-12-6-11-22-17/h3-5,7-10,13H,2,6,11-12,14H2,1H3. The summed E-state index contributed by atoms with van der Waals surface area (Å²) in [5, 5.41) is 0. The molecule has 2 aromatic rings. The Hall–Kier alpha value is -2.49. The van der Waals surface area contributed by atoms with E-state index in [0.717, 1.165) is 29.2 Å². The first-order valence-corrected chi connectivity index (χ1v) is 8.02. The monoisotopic (exact) mass is 311 g/mol. The molecule has 0 bridgehead atoms. The number of likely N-dealkylation sites (N-methyl/N-ethyl adjacent to an activating group) is 1. The maximum Gasteiger partial charge on any atom is 0.231 e. The van der Waals surface area contributed by atoms with Gasteiger partial charge in [0, 0.05) is 18.7 Å². The largest absolute Gasteiger partial charge is 0.490 e. The average molecular weight is 311 g/mol. The number of hydrogen-bond donors (Lipinski definition) is 0. The first kappa shape index (κ1) is 15.4. The van der Waals surface area contributed by atoms with Gasteiger partial charge in [-0.25, -0.2) is 0 Å². The van der Waals surface area contributed by atoms with Crippen LogP contribution in [0.5, 0.6) is 11.5 Å². The van der Waals surface area contributed by atoms with E-state index >= 15 is 0 Å². The van der Waals surface area contributed by atoms with Crippen LogP contribution < -0.4 is 14.4 Å². The summed E-state index contributed by atoms with van der Waals surface area (Å²) >= 11 is 0. The maximum absolute atomic E-state index is 12.6. The van der Waals surface area contributed by atoms with E-state index in [2.05, 4.69) is 0 Å². The molecule has 1 heterocycles. The maximum atomic E-state index is 12.6. The lowest BCUT2D eigenvalue weighted by Crippen LogP contribution is -2.31. The molecule has 1 aliphatic rings. The molecular formula is C19H21NO3. The van der Waals surface area contributed by atoms with Crippen molar-refractivity contribution < 1.29 is 14.3 Å². The molecule has 0 atom stereocenters. The molecule has 0 aromatic heterocycles. The first-order valence-electron chi connectivity index (χ1n) is 8.02. The van der Waals surface area contributed by atoms with E-state index in [1.54, 1.807) is 4.90 Å². The zero-order valence-electron chi connectivity index (χ0n) is 13.3. The minimum absolute atomic E-state index is 0.0770. The Kier molecular flexibility index (Phi) is 4.81. The number of nitrogens with zero attached hydrogens (tertiary/aromatic N) is 1. The second-order valence-corrected chi connectivity index (χ2v) is 5.48. The highest BCUT2D eigenvalue weighted by molar-refractivity contribution is 5.94. The molecule has 1 amide bonds. The number of ether oxygens (including phenoxy) is 2. The summed E-state index contributed by atoms with van der Waals surface area (Å²) < 4.78 is 11.3. The van der Waals surface area contributed by atoms with Gasteiger partial charge in [0.05, 0.1) is 19.6 Å². The summed E-state index contributed by atoms with van der Waals surface area (Å²) in [5.74, 6) is 1.57. The van der Waals surface area contributed by atoms with E-state index in [1.807, 2.05) is 55.5 Å². The van der Waals surface area contributed by atoms with Crippen molar-refractivity contribution in [3.05, 3.63) is 54.1 Å². The fraction of sp³-hybridized carbons (Fsp3) is 0.316. The number of anilines is 1. The van der Waals surface area contributed by atoms with Crippen LogP contribution in [0.2, 0.25) is 0 Å². The van der Waals surface area contributed by atoms with Crippen LogP contribution in [-0.4, -0.2) is 25.7 Å². The Morgan fingerprint density at radius 2 is 1.78 bits per heavy atom. The fourth-order valence-corrected chi connectivity index (χ4v) is 2.70. The van der Waals surface area contributed by atoms with Crippen molar-refractivity contribution in [2.45, 2.75) is 19.8 Å². The fourth-order valence-electron chi connectivity index (χ4n) is 2.70. The van der Waals surface area contributed by atoms with E-state index in [9.17, 15) is 4.79 Å². The summed E-state index contributed by atoms with van der Waals surface area (Å²) in [7, 11) is 0. The lowest BCUT2D eigenvalue weighted by atomic mass is 10.1. The number of benzene rings is 2. The molecule has 0 saturated carbocycles. The normalized spacial score (nSPS) is 13.3. The molecule has 4 nitrogen and oxygen atoms in total. The number of rotatable bonds is 4. The minimum atomic E-state index is 0.0770. The van der Waals surface area contributed by atoms with E-state index in [1.165, 1.54) is 0 Å². The zero-order chi connectivity index (χ0) is 16.1. The van der Waals surface area contributed by atoms with Gasteiger partial charge in [-0.15, -0.1) is 0 Å². The van der Waals surface area contributed by atoms with Gasteiger partial charge in [0.15, 0.2) is 11.5 Å². The molecule has 0 aliphatic carbocycles. The van der Waals surface area contributed by atoms with E-state index in [-0.39, 0.29) is 5.91 Å². The van der Waals surface area contributed by atoms with Gasteiger partial charge >= 0.3 is 0 Å². The molecule has 23 heavy (non-hydrogen) atoms. The number of amides is 1. The number of fused-ring (bicyclic) bond motifs is 1. The Balaban J connectivity index is 1.75. The second kappa shape index (κ2) is 7.18. The molecule has 120 valence electrons. The van der Waals surface area contributed by atoms with Crippen LogP contribution >= 0.6 is 0 Å². The van der Waals surface area contributed by atoms with Gasteiger partial charge in [-0.1, -0.05) is 24.3 Å². The zero-order valence-corrected chi connectivity index (χ0v) is 13.3. The van der Waals surface area contributed by atoms with Crippen LogP contribution in [0.1, 0.15) is 18.9 Å². The Morgan fingerprint density at radius 1 is 1.04 bits per heavy atom. The minimum Gasteiger partial charge on any atom is -0.490 e. The predicted octanol–water partition coefficient (Wildman–Crippen LogP) is 3.44. The Labute approximate surface area is 136 Å². The van der Waals surface area contributed by atoms with Gasteiger partial charge in [0.2, 0.25) is 5.91 Å². The summed E-state index contributed by atoms with van der Waals surface area (Å²) in [5.41, 5.74) is 1.86. The number of carbonyl (C=O) groups is 1. The van der Waals surface area contributed by atoms with Gasteiger partial charge in [-0.05, 0) is 36.8 Å². The lowest BCUT2D eigenvalue weighted by molar-refractivity contribution is -0.117. The van der Waals surface area contributed by atoms with Crippen molar-refractivity contribution in [1.29, 1.82) is 0 Å². The quantitative estimate of drug-likeness (QED) is 0.868. The van der Waals surface area contributed by atoms with Crippen LogP contribution in [0.4, 0.5) is 5.69 Å². The number of para-hydroxylation sites is 1. The van der Waals surface area contributed by atoms with Gasteiger partial charge in [0.1, 0.15) is 0 Å². The number of hydrogen-bond acceptors (Lipinski definition) is 3. The molecule has 0 spiro atoms. The van der Waals surface area contributed by atoms with Crippen LogP contribution in [0.3, 0.4) is 0 Å². The van der Waals surface area contributed by atoms with Gasteiger partial charge < -0.3 is 14.4 Å². The van der Waals surface area contributed by atoms with E-state index in [4.69, 9.17) is 9.47 Å². The third-order valence-electron chi connectivity index (χ3n) is 3.85. The van der Waals surface area contributed by atoms with Crippen LogP contribution in [0.25, 0.3) is 0 Å². The smallest absolute Gasteiger partial charge is 0.231 e. The molecule has 3 rings (SSSR count). The summed E-state index contributed by atoms with van der Waals surface area (Å²) in [6.45, 7) is 3.95. The van der Waals surface area contributed by atoms with Crippen molar-refractivity contribution >= 4 is 11.6 Å². The van der Waals surface area contributed by atoms with Crippen molar-refractivity contribution in [2.75, 3.05) is 24.7 Å². The summed E-state index contributed by atoms with van der Waals surface area (Å²) in [4.78, 5) is 14.4. The molecule has 0 unspecified atom stereocenters. The third-order valence-corrected chi connectivity index (χ3v) is 3.85. The Morgan fingerprint density at radius 3 is 2.52 bits per heavy atom. The first-order chi connectivity index (χ1) is 11.3. The molecule has 4 heteroatoms. The topological polar surface area (TPSA) is 38.8 Å². The van der Waals surface area contributed by atoms with Crippen LogP contribution in [0.15, 0.2) is 48.5 Å². The van der Waals surface area contributed by atoms with Crippen molar-refractivity contribution in [3.63, 3.8) is 0 Å².